The van der Waals surface area contributed by atoms with Crippen LogP contribution in [0.25, 0.3) is 0 Å². The van der Waals surface area contributed by atoms with Crippen molar-refractivity contribution in [2.24, 2.45) is 0 Å². The van der Waals surface area contributed by atoms with E-state index in [9.17, 15) is 4.79 Å². The van der Waals surface area contributed by atoms with Gasteiger partial charge in [-0.05, 0) is 0 Å². The molecule has 0 amide bonds. The number of fused-ring (bicyclic) bond motifs is 2. The molecule has 2 saturated heterocycles. The molecule has 0 aliphatic carbocycles. The van der Waals surface area contributed by atoms with Crippen LogP contribution in [-0.4, -0.2) is 24.8 Å². The van der Waals surface area contributed by atoms with E-state index in [0.717, 1.165) is 0 Å². The lowest BCUT2D eigenvalue weighted by atomic mass is 10.1. The smallest absolute Gasteiger partial charge is 0.165 e. The molecule has 3 heteroatoms. The van der Waals surface area contributed by atoms with Crippen molar-refractivity contribution in [3.05, 3.63) is 0 Å². The molecule has 3 nitrogen and oxygen atoms in total. The lowest BCUT2D eigenvalue weighted by Crippen LogP contribution is -2.25. The number of ketones is 1. The van der Waals surface area contributed by atoms with Crippen molar-refractivity contribution in [1.82, 2.24) is 0 Å². The predicted molar refractivity (Wildman–Crippen MR) is 28.9 cm³/mol. The number of Topliss-reactive ketones (excluding diaryl/α,β-unsaturated/α-hetero) is 1. The molecule has 2 bridgehead atoms. The molecule has 0 radical (unpaired) electrons. The van der Waals surface area contributed by atoms with Gasteiger partial charge in [0.1, 0.15) is 5.78 Å². The van der Waals surface area contributed by atoms with Gasteiger partial charge in [-0.2, -0.15) is 0 Å². The Morgan fingerprint density at radius 3 is 3.11 bits per heavy atom. The van der Waals surface area contributed by atoms with Gasteiger partial charge in [-0.25, -0.2) is 0 Å². The summed E-state index contributed by atoms with van der Waals surface area (Å²) >= 11 is 0. The molecule has 2 fully saturated rings. The van der Waals surface area contributed by atoms with E-state index in [1.807, 2.05) is 0 Å². The molecule has 50 valence electrons. The molecule has 2 heterocycles. The highest BCUT2D eigenvalue weighted by molar-refractivity contribution is 5.80. The zero-order valence-corrected chi connectivity index (χ0v) is 5.00. The van der Waals surface area contributed by atoms with Gasteiger partial charge < -0.3 is 9.47 Å². The summed E-state index contributed by atoms with van der Waals surface area (Å²) in [6.45, 7) is 0.608. The first-order chi connectivity index (χ1) is 4.34. The van der Waals surface area contributed by atoms with Gasteiger partial charge in [0.15, 0.2) is 6.29 Å². The third-order valence-corrected chi connectivity index (χ3v) is 1.66. The van der Waals surface area contributed by atoms with Crippen molar-refractivity contribution in [3.63, 3.8) is 0 Å². The molecule has 2 rings (SSSR count). The van der Waals surface area contributed by atoms with Gasteiger partial charge in [-0.3, -0.25) is 4.79 Å². The second-order valence-corrected chi connectivity index (χ2v) is 2.47. The summed E-state index contributed by atoms with van der Waals surface area (Å²) in [6, 6.07) is 0. The fourth-order valence-electron chi connectivity index (χ4n) is 1.25. The van der Waals surface area contributed by atoms with E-state index in [2.05, 4.69) is 0 Å². The van der Waals surface area contributed by atoms with Gasteiger partial charge in [-0.15, -0.1) is 0 Å². The average Bonchev–Trinajstić information content (AvgIpc) is 2.11. The number of rotatable bonds is 0. The molecule has 0 aromatic carbocycles. The third-order valence-electron chi connectivity index (χ3n) is 1.66. The Balaban J connectivity index is 2.11. The molecule has 2 aliphatic heterocycles. The number of carbonyl (C=O) groups is 1. The summed E-state index contributed by atoms with van der Waals surface area (Å²) in [5.74, 6) is 0.272. The van der Waals surface area contributed by atoms with Crippen molar-refractivity contribution >= 4 is 5.78 Å². The maximum Gasteiger partial charge on any atom is 0.165 e. The molecular formula is C6H8O3. The maximum atomic E-state index is 10.8. The fourth-order valence-corrected chi connectivity index (χ4v) is 1.25. The van der Waals surface area contributed by atoms with E-state index < -0.39 is 0 Å². The standard InChI is InChI=1S/C6H8O3/c7-4-1-5-3-8-6(2-4)9-5/h5-6H,1-3H2/t5-,6+/m1/s1. The fraction of sp³-hybridized carbons (Fsp3) is 0.833. The highest BCUT2D eigenvalue weighted by atomic mass is 16.7. The molecular weight excluding hydrogens is 120 g/mol. The zero-order chi connectivity index (χ0) is 6.27. The average molecular weight is 128 g/mol. The van der Waals surface area contributed by atoms with Crippen LogP contribution in [0.4, 0.5) is 0 Å². The van der Waals surface area contributed by atoms with E-state index in [-0.39, 0.29) is 18.2 Å². The van der Waals surface area contributed by atoms with Crippen molar-refractivity contribution in [2.75, 3.05) is 6.61 Å². The number of hydrogen-bond donors (Lipinski definition) is 0. The first-order valence-electron chi connectivity index (χ1n) is 3.13. The Morgan fingerprint density at radius 1 is 1.44 bits per heavy atom. The van der Waals surface area contributed by atoms with Crippen LogP contribution in [0.15, 0.2) is 0 Å². The second kappa shape index (κ2) is 1.78. The molecule has 0 aromatic rings. The van der Waals surface area contributed by atoms with E-state index in [4.69, 9.17) is 9.47 Å². The molecule has 0 unspecified atom stereocenters. The Bertz CT molecular complexity index is 129. The Labute approximate surface area is 52.9 Å². The van der Waals surface area contributed by atoms with E-state index in [1.54, 1.807) is 0 Å². The minimum absolute atomic E-state index is 0.0660. The number of carbonyl (C=O) groups excluding carboxylic acids is 1. The van der Waals surface area contributed by atoms with E-state index in [1.165, 1.54) is 0 Å². The van der Waals surface area contributed by atoms with Crippen LogP contribution < -0.4 is 0 Å². The molecule has 2 aliphatic rings. The summed E-state index contributed by atoms with van der Waals surface area (Å²) in [6.07, 6.45) is 0.861. The molecule has 0 aromatic heterocycles. The lowest BCUT2D eigenvalue weighted by Gasteiger charge is -2.15. The van der Waals surface area contributed by atoms with E-state index in [0.29, 0.717) is 19.4 Å². The predicted octanol–water partition coefficient (Wildman–Crippen LogP) is 0.0908. The second-order valence-electron chi connectivity index (χ2n) is 2.47. The number of hydrogen-bond acceptors (Lipinski definition) is 3. The zero-order valence-electron chi connectivity index (χ0n) is 5.00. The van der Waals surface area contributed by atoms with Crippen LogP contribution in [0.1, 0.15) is 12.8 Å². The highest BCUT2D eigenvalue weighted by Gasteiger charge is 2.34. The molecule has 0 spiro atoms. The molecule has 0 N–H and O–H groups in total. The topological polar surface area (TPSA) is 35.5 Å². The first-order valence-corrected chi connectivity index (χ1v) is 3.13. The third kappa shape index (κ3) is 0.862. The highest BCUT2D eigenvalue weighted by Crippen LogP contribution is 2.23. The van der Waals surface area contributed by atoms with Gasteiger partial charge in [0.05, 0.1) is 19.1 Å². The van der Waals surface area contributed by atoms with Crippen molar-refractivity contribution in [1.29, 1.82) is 0 Å². The minimum Gasteiger partial charge on any atom is -0.349 e. The van der Waals surface area contributed by atoms with Gasteiger partial charge in [0.2, 0.25) is 0 Å². The van der Waals surface area contributed by atoms with Gasteiger partial charge in [-0.1, -0.05) is 0 Å². The summed E-state index contributed by atoms with van der Waals surface area (Å²) in [4.78, 5) is 10.8. The van der Waals surface area contributed by atoms with Crippen LogP contribution in [0.3, 0.4) is 0 Å². The summed E-state index contributed by atoms with van der Waals surface area (Å²) < 4.78 is 10.3. The van der Waals surface area contributed by atoms with Crippen LogP contribution in [0.2, 0.25) is 0 Å². The molecule has 9 heavy (non-hydrogen) atoms. The van der Waals surface area contributed by atoms with Gasteiger partial charge >= 0.3 is 0 Å². The Morgan fingerprint density at radius 2 is 2.33 bits per heavy atom. The van der Waals surface area contributed by atoms with Crippen LogP contribution in [-0.2, 0) is 14.3 Å². The summed E-state index contributed by atoms with van der Waals surface area (Å²) in [5, 5.41) is 0. The Kier molecular flexibility index (Phi) is 1.07. The van der Waals surface area contributed by atoms with Crippen molar-refractivity contribution in [2.45, 2.75) is 25.2 Å². The normalized spacial score (nSPS) is 41.6. The molecule has 2 atom stereocenters. The largest absolute Gasteiger partial charge is 0.349 e. The Hall–Kier alpha value is -0.410. The van der Waals surface area contributed by atoms with Crippen molar-refractivity contribution in [3.8, 4) is 0 Å². The van der Waals surface area contributed by atoms with Crippen LogP contribution >= 0.6 is 0 Å². The summed E-state index contributed by atoms with van der Waals surface area (Å²) in [7, 11) is 0. The number of ether oxygens (including phenoxy) is 2. The van der Waals surface area contributed by atoms with Crippen LogP contribution in [0.5, 0.6) is 0 Å². The van der Waals surface area contributed by atoms with Gasteiger partial charge in [0, 0.05) is 6.42 Å². The minimum atomic E-state index is -0.212. The lowest BCUT2D eigenvalue weighted by molar-refractivity contribution is -0.138. The van der Waals surface area contributed by atoms with Crippen LogP contribution in [0, 0.1) is 0 Å². The van der Waals surface area contributed by atoms with E-state index >= 15 is 0 Å². The summed E-state index contributed by atoms with van der Waals surface area (Å²) in [5.41, 5.74) is 0. The van der Waals surface area contributed by atoms with Crippen molar-refractivity contribution < 1.29 is 14.3 Å². The monoisotopic (exact) mass is 128 g/mol. The first kappa shape index (κ1) is 5.38. The SMILES string of the molecule is O=C1C[C@@H]2CO[C@H](C1)O2. The quantitative estimate of drug-likeness (QED) is 0.464. The molecule has 0 saturated carbocycles. The van der Waals surface area contributed by atoms with Gasteiger partial charge in [0.25, 0.3) is 0 Å². The maximum absolute atomic E-state index is 10.8.